The molecular weight excluding hydrogens is 380 g/mol. The highest BCUT2D eigenvalue weighted by Crippen LogP contribution is 2.43. The van der Waals surface area contributed by atoms with E-state index in [9.17, 15) is 4.79 Å². The van der Waals surface area contributed by atoms with Gasteiger partial charge in [-0.2, -0.15) is 4.98 Å². The van der Waals surface area contributed by atoms with Crippen molar-refractivity contribution in [2.45, 2.75) is 45.7 Å². The summed E-state index contributed by atoms with van der Waals surface area (Å²) < 4.78 is 7.64. The Morgan fingerprint density at radius 2 is 2.00 bits per heavy atom. The van der Waals surface area contributed by atoms with Crippen LogP contribution in [-0.4, -0.2) is 55.0 Å². The highest BCUT2D eigenvalue weighted by molar-refractivity contribution is 5.99. The van der Waals surface area contributed by atoms with E-state index in [1.165, 1.54) is 0 Å². The number of carbonyl (C=O) groups is 1. The molecule has 0 radical (unpaired) electrons. The zero-order valence-corrected chi connectivity index (χ0v) is 17.4. The van der Waals surface area contributed by atoms with Crippen molar-refractivity contribution >= 4 is 5.91 Å². The summed E-state index contributed by atoms with van der Waals surface area (Å²) in [5.41, 5.74) is 3.17. The molecule has 0 spiro atoms. The fourth-order valence-electron chi connectivity index (χ4n) is 4.48. The van der Waals surface area contributed by atoms with Crippen LogP contribution in [0.2, 0.25) is 0 Å². The number of hydrogen-bond acceptors (Lipinski definition) is 6. The van der Waals surface area contributed by atoms with Gasteiger partial charge in [-0.25, -0.2) is 4.98 Å². The molecule has 1 atom stereocenters. The third-order valence-corrected chi connectivity index (χ3v) is 5.91. The molecule has 0 saturated carbocycles. The fourth-order valence-corrected chi connectivity index (χ4v) is 4.48. The molecule has 4 heterocycles. The van der Waals surface area contributed by atoms with Crippen molar-refractivity contribution in [3.05, 3.63) is 47.7 Å². The van der Waals surface area contributed by atoms with Gasteiger partial charge in [-0.1, -0.05) is 31.1 Å². The quantitative estimate of drug-likeness (QED) is 0.598. The Morgan fingerprint density at radius 1 is 1.20 bits per heavy atom. The van der Waals surface area contributed by atoms with Gasteiger partial charge in [-0.15, -0.1) is 0 Å². The van der Waals surface area contributed by atoms with E-state index in [4.69, 9.17) is 4.52 Å². The van der Waals surface area contributed by atoms with E-state index in [0.29, 0.717) is 29.5 Å². The van der Waals surface area contributed by atoms with Crippen LogP contribution < -0.4 is 0 Å². The summed E-state index contributed by atoms with van der Waals surface area (Å²) >= 11 is 0. The summed E-state index contributed by atoms with van der Waals surface area (Å²) in [5, 5.41) is 4.21. The van der Waals surface area contributed by atoms with Crippen LogP contribution >= 0.6 is 0 Å². The summed E-state index contributed by atoms with van der Waals surface area (Å²) in [6.45, 7) is 7.78. The van der Waals surface area contributed by atoms with Crippen LogP contribution in [0.15, 0.2) is 35.1 Å². The summed E-state index contributed by atoms with van der Waals surface area (Å²) in [5.74, 6) is 1.16. The standard InChI is InChI=1S/C22H26N6O2/c1-3-10-26(11-4-2)13-18-24-21(30-25-18)19-20-17-9-12-27(17)22(29)15-7-5-6-8-16(15)28(20)14-23-19/h5-8,14,17H,3-4,9-13H2,1-2H3/t17-/m0/s1. The first-order chi connectivity index (χ1) is 14.7. The predicted octanol–water partition coefficient (Wildman–Crippen LogP) is 3.44. The first-order valence-electron chi connectivity index (χ1n) is 10.7. The Balaban J connectivity index is 1.52. The maximum atomic E-state index is 13.0. The van der Waals surface area contributed by atoms with Gasteiger partial charge in [0, 0.05) is 6.54 Å². The smallest absolute Gasteiger partial charge is 0.278 e. The molecule has 1 aromatic carbocycles. The topological polar surface area (TPSA) is 80.3 Å². The largest absolute Gasteiger partial charge is 0.332 e. The van der Waals surface area contributed by atoms with Gasteiger partial charge in [0.05, 0.1) is 29.5 Å². The molecule has 8 heteroatoms. The van der Waals surface area contributed by atoms with Gasteiger partial charge < -0.3 is 9.42 Å². The summed E-state index contributed by atoms with van der Waals surface area (Å²) in [4.78, 5) is 26.5. The number of nitrogens with zero attached hydrogens (tertiary/aromatic N) is 6. The molecule has 2 aromatic heterocycles. The molecule has 0 bridgehead atoms. The summed E-state index contributed by atoms with van der Waals surface area (Å²) in [7, 11) is 0. The number of hydrogen-bond donors (Lipinski definition) is 0. The number of para-hydroxylation sites is 1. The minimum absolute atomic E-state index is 0.0190. The Bertz CT molecular complexity index is 1070. The highest BCUT2D eigenvalue weighted by atomic mass is 16.5. The number of fused-ring (bicyclic) bond motifs is 5. The highest BCUT2D eigenvalue weighted by Gasteiger charge is 2.42. The second-order valence-electron chi connectivity index (χ2n) is 7.96. The normalized spacial score (nSPS) is 17.4. The molecule has 156 valence electrons. The van der Waals surface area contributed by atoms with Crippen LogP contribution in [0.5, 0.6) is 0 Å². The lowest BCUT2D eigenvalue weighted by Gasteiger charge is -2.39. The number of aromatic nitrogens is 4. The zero-order chi connectivity index (χ0) is 20.7. The van der Waals surface area contributed by atoms with Crippen molar-refractivity contribution in [1.29, 1.82) is 0 Å². The average molecular weight is 406 g/mol. The van der Waals surface area contributed by atoms with Crippen LogP contribution in [0.3, 0.4) is 0 Å². The maximum Gasteiger partial charge on any atom is 0.278 e. The minimum Gasteiger partial charge on any atom is -0.332 e. The lowest BCUT2D eigenvalue weighted by Crippen LogP contribution is -2.44. The van der Waals surface area contributed by atoms with Crippen molar-refractivity contribution in [3.63, 3.8) is 0 Å². The average Bonchev–Trinajstić information content (AvgIpc) is 3.33. The molecular formula is C22H26N6O2. The molecule has 1 saturated heterocycles. The van der Waals surface area contributed by atoms with Crippen molar-refractivity contribution < 1.29 is 9.32 Å². The van der Waals surface area contributed by atoms with E-state index in [0.717, 1.165) is 50.3 Å². The van der Waals surface area contributed by atoms with Gasteiger partial charge in [0.1, 0.15) is 6.33 Å². The van der Waals surface area contributed by atoms with Gasteiger partial charge in [0.2, 0.25) is 0 Å². The number of rotatable bonds is 7. The number of benzene rings is 1. The second-order valence-corrected chi connectivity index (χ2v) is 7.96. The molecule has 0 aliphatic carbocycles. The van der Waals surface area contributed by atoms with Gasteiger partial charge in [0.15, 0.2) is 11.5 Å². The third-order valence-electron chi connectivity index (χ3n) is 5.91. The van der Waals surface area contributed by atoms with Crippen LogP contribution in [0.4, 0.5) is 0 Å². The molecule has 8 nitrogen and oxygen atoms in total. The van der Waals surface area contributed by atoms with Gasteiger partial charge in [-0.3, -0.25) is 14.3 Å². The zero-order valence-electron chi connectivity index (χ0n) is 17.4. The molecule has 30 heavy (non-hydrogen) atoms. The van der Waals surface area contributed by atoms with Crippen molar-refractivity contribution in [2.75, 3.05) is 19.6 Å². The molecule has 5 rings (SSSR count). The van der Waals surface area contributed by atoms with E-state index in [-0.39, 0.29) is 11.9 Å². The van der Waals surface area contributed by atoms with Crippen LogP contribution in [0.1, 0.15) is 61.0 Å². The van der Waals surface area contributed by atoms with E-state index in [1.54, 1.807) is 6.33 Å². The van der Waals surface area contributed by atoms with Crippen LogP contribution in [0.25, 0.3) is 17.3 Å². The Morgan fingerprint density at radius 3 is 2.73 bits per heavy atom. The maximum absolute atomic E-state index is 13.0. The van der Waals surface area contributed by atoms with E-state index >= 15 is 0 Å². The van der Waals surface area contributed by atoms with Gasteiger partial charge >= 0.3 is 0 Å². The Hall–Kier alpha value is -3.00. The van der Waals surface area contributed by atoms with E-state index in [2.05, 4.69) is 33.9 Å². The number of carbonyl (C=O) groups excluding carboxylic acids is 1. The van der Waals surface area contributed by atoms with E-state index in [1.807, 2.05) is 33.7 Å². The molecule has 1 fully saturated rings. The number of amides is 1. The first-order valence-corrected chi connectivity index (χ1v) is 10.7. The Labute approximate surface area is 175 Å². The Kier molecular flexibility index (Phi) is 4.86. The first kappa shape index (κ1) is 19.0. The van der Waals surface area contributed by atoms with Crippen molar-refractivity contribution in [3.8, 4) is 17.3 Å². The molecule has 2 aliphatic heterocycles. The molecule has 2 aliphatic rings. The molecule has 3 aromatic rings. The van der Waals surface area contributed by atoms with Crippen LogP contribution in [0, 0.1) is 0 Å². The monoisotopic (exact) mass is 406 g/mol. The van der Waals surface area contributed by atoms with Gasteiger partial charge in [-0.05, 0) is 44.5 Å². The summed E-state index contributed by atoms with van der Waals surface area (Å²) in [6, 6.07) is 7.66. The van der Waals surface area contributed by atoms with Crippen molar-refractivity contribution in [1.82, 2.24) is 29.5 Å². The molecule has 1 amide bonds. The fraction of sp³-hybridized carbons (Fsp3) is 0.455. The van der Waals surface area contributed by atoms with Crippen molar-refractivity contribution in [2.24, 2.45) is 0 Å². The molecule has 0 unspecified atom stereocenters. The minimum atomic E-state index is -0.0190. The van der Waals surface area contributed by atoms with Crippen LogP contribution in [-0.2, 0) is 6.54 Å². The predicted molar refractivity (Wildman–Crippen MR) is 111 cm³/mol. The number of imidazole rings is 1. The lowest BCUT2D eigenvalue weighted by molar-refractivity contribution is 0.0461. The summed E-state index contributed by atoms with van der Waals surface area (Å²) in [6.07, 6.45) is 4.84. The van der Waals surface area contributed by atoms with Gasteiger partial charge in [0.25, 0.3) is 11.8 Å². The second kappa shape index (κ2) is 7.68. The van der Waals surface area contributed by atoms with E-state index < -0.39 is 0 Å². The lowest BCUT2D eigenvalue weighted by atomic mass is 9.97. The third kappa shape index (κ3) is 3.02. The molecule has 0 N–H and O–H groups in total. The SMILES string of the molecule is CCCN(CCC)Cc1noc(-c2ncn3c2[C@@H]2CCN2C(=O)c2ccccc2-3)n1.